The SMILES string of the molecule is O=S(=O)(c1cc(F)ccc1Cl)N1CCCC(COc2ccccc2)C1. The Morgan fingerprint density at radius 1 is 1.20 bits per heavy atom. The van der Waals surface area contributed by atoms with Crippen molar-refractivity contribution in [3.8, 4) is 5.75 Å². The molecule has 1 saturated heterocycles. The van der Waals surface area contributed by atoms with Crippen molar-refractivity contribution in [3.63, 3.8) is 0 Å². The van der Waals surface area contributed by atoms with Gasteiger partial charge in [0.15, 0.2) is 0 Å². The summed E-state index contributed by atoms with van der Waals surface area (Å²) in [6.45, 7) is 1.17. The summed E-state index contributed by atoms with van der Waals surface area (Å²) < 4.78 is 46.2. The maximum absolute atomic E-state index is 13.5. The van der Waals surface area contributed by atoms with E-state index in [0.717, 1.165) is 30.7 Å². The Balaban J connectivity index is 1.71. The molecule has 1 heterocycles. The van der Waals surface area contributed by atoms with Crippen molar-refractivity contribution in [1.29, 1.82) is 0 Å². The van der Waals surface area contributed by atoms with Crippen molar-refractivity contribution in [2.24, 2.45) is 5.92 Å². The van der Waals surface area contributed by atoms with Crippen LogP contribution in [0.1, 0.15) is 12.8 Å². The zero-order chi connectivity index (χ0) is 17.9. The van der Waals surface area contributed by atoms with Crippen LogP contribution in [0.15, 0.2) is 53.4 Å². The highest BCUT2D eigenvalue weighted by molar-refractivity contribution is 7.89. The lowest BCUT2D eigenvalue weighted by Gasteiger charge is -2.32. The fourth-order valence-electron chi connectivity index (χ4n) is 2.93. The van der Waals surface area contributed by atoms with Crippen LogP contribution >= 0.6 is 11.6 Å². The second kappa shape index (κ2) is 7.72. The topological polar surface area (TPSA) is 46.6 Å². The van der Waals surface area contributed by atoms with E-state index in [1.165, 1.54) is 10.4 Å². The van der Waals surface area contributed by atoms with Crippen LogP contribution in [0.3, 0.4) is 0 Å². The van der Waals surface area contributed by atoms with Crippen molar-refractivity contribution in [2.45, 2.75) is 17.7 Å². The number of halogens is 2. The average Bonchev–Trinajstić information content (AvgIpc) is 2.63. The van der Waals surface area contributed by atoms with Crippen LogP contribution in [0.4, 0.5) is 4.39 Å². The molecule has 0 spiro atoms. The summed E-state index contributed by atoms with van der Waals surface area (Å²) in [7, 11) is -3.83. The average molecular weight is 384 g/mol. The number of hydrogen-bond acceptors (Lipinski definition) is 3. The molecule has 0 amide bonds. The standard InChI is InChI=1S/C18H19ClFNO3S/c19-17-9-8-15(20)11-18(17)25(22,23)21-10-4-5-14(12-21)13-24-16-6-2-1-3-7-16/h1-3,6-9,11,14H,4-5,10,12-13H2. The first-order valence-electron chi connectivity index (χ1n) is 8.10. The van der Waals surface area contributed by atoms with Gasteiger partial charge in [0.25, 0.3) is 0 Å². The molecule has 0 bridgehead atoms. The summed E-state index contributed by atoms with van der Waals surface area (Å²) in [5.41, 5.74) is 0. The van der Waals surface area contributed by atoms with Crippen LogP contribution in [-0.2, 0) is 10.0 Å². The number of benzene rings is 2. The lowest BCUT2D eigenvalue weighted by molar-refractivity contribution is 0.180. The van der Waals surface area contributed by atoms with E-state index in [9.17, 15) is 12.8 Å². The van der Waals surface area contributed by atoms with Crippen LogP contribution in [0.2, 0.25) is 5.02 Å². The van der Waals surface area contributed by atoms with Crippen LogP contribution < -0.4 is 4.74 Å². The summed E-state index contributed by atoms with van der Waals surface area (Å²) in [6.07, 6.45) is 1.62. The molecule has 1 atom stereocenters. The fourth-order valence-corrected chi connectivity index (χ4v) is 4.97. The Morgan fingerprint density at radius 2 is 1.96 bits per heavy atom. The summed E-state index contributed by atoms with van der Waals surface area (Å²) in [5, 5.41) is 0.0315. The van der Waals surface area contributed by atoms with E-state index in [0.29, 0.717) is 19.7 Å². The molecule has 0 saturated carbocycles. The molecule has 1 aliphatic rings. The lowest BCUT2D eigenvalue weighted by atomic mass is 10.0. The van der Waals surface area contributed by atoms with Gasteiger partial charge in [0.2, 0.25) is 10.0 Å². The second-order valence-corrected chi connectivity index (χ2v) is 8.38. The van der Waals surface area contributed by atoms with Gasteiger partial charge in [-0.1, -0.05) is 29.8 Å². The van der Waals surface area contributed by atoms with Gasteiger partial charge in [-0.15, -0.1) is 0 Å². The van der Waals surface area contributed by atoms with Gasteiger partial charge in [-0.25, -0.2) is 12.8 Å². The highest BCUT2D eigenvalue weighted by atomic mass is 35.5. The number of rotatable bonds is 5. The maximum atomic E-state index is 13.5. The highest BCUT2D eigenvalue weighted by Gasteiger charge is 2.32. The third-order valence-corrected chi connectivity index (χ3v) is 6.57. The van der Waals surface area contributed by atoms with Crippen LogP contribution in [-0.4, -0.2) is 32.4 Å². The first-order valence-corrected chi connectivity index (χ1v) is 9.91. The fraction of sp³-hybridized carbons (Fsp3) is 0.333. The van der Waals surface area contributed by atoms with Gasteiger partial charge in [0.1, 0.15) is 16.5 Å². The normalized spacial score (nSPS) is 18.9. The molecular formula is C18H19ClFNO3S. The summed E-state index contributed by atoms with van der Waals surface area (Å²) in [4.78, 5) is -0.182. The molecule has 0 aliphatic carbocycles. The molecule has 1 aliphatic heterocycles. The predicted octanol–water partition coefficient (Wildman–Crippen LogP) is 3.96. The Morgan fingerprint density at radius 3 is 2.72 bits per heavy atom. The third kappa shape index (κ3) is 4.32. The van der Waals surface area contributed by atoms with Crippen molar-refractivity contribution in [2.75, 3.05) is 19.7 Å². The second-order valence-electron chi connectivity index (χ2n) is 6.07. The monoisotopic (exact) mass is 383 g/mol. The van der Waals surface area contributed by atoms with Gasteiger partial charge < -0.3 is 4.74 Å². The van der Waals surface area contributed by atoms with Gasteiger partial charge in [-0.3, -0.25) is 0 Å². The van der Waals surface area contributed by atoms with Crippen molar-refractivity contribution in [1.82, 2.24) is 4.31 Å². The van der Waals surface area contributed by atoms with Crippen LogP contribution in [0.5, 0.6) is 5.75 Å². The third-order valence-electron chi connectivity index (χ3n) is 4.22. The highest BCUT2D eigenvalue weighted by Crippen LogP contribution is 2.29. The molecule has 0 N–H and O–H groups in total. The van der Waals surface area contributed by atoms with Gasteiger partial charge in [-0.05, 0) is 43.2 Å². The molecule has 0 radical (unpaired) electrons. The molecule has 3 rings (SSSR count). The van der Waals surface area contributed by atoms with Crippen LogP contribution in [0.25, 0.3) is 0 Å². The quantitative estimate of drug-likeness (QED) is 0.785. The molecule has 4 nitrogen and oxygen atoms in total. The Bertz CT molecular complexity index is 829. The Labute approximate surface area is 152 Å². The molecule has 1 unspecified atom stereocenters. The predicted molar refractivity (Wildman–Crippen MR) is 94.8 cm³/mol. The Kier molecular flexibility index (Phi) is 5.61. The van der Waals surface area contributed by atoms with E-state index in [1.807, 2.05) is 30.3 Å². The largest absolute Gasteiger partial charge is 0.493 e. The Hall–Kier alpha value is -1.63. The molecule has 2 aromatic carbocycles. The van der Waals surface area contributed by atoms with Crippen LogP contribution in [0, 0.1) is 11.7 Å². The molecule has 134 valence electrons. The molecule has 0 aromatic heterocycles. The summed E-state index contributed by atoms with van der Waals surface area (Å²) in [5.74, 6) is 0.218. The first kappa shape index (κ1) is 18.2. The van der Waals surface area contributed by atoms with E-state index < -0.39 is 15.8 Å². The number of piperidine rings is 1. The number of sulfonamides is 1. The molecule has 25 heavy (non-hydrogen) atoms. The zero-order valence-electron chi connectivity index (χ0n) is 13.6. The van der Waals surface area contributed by atoms with Gasteiger partial charge in [0, 0.05) is 19.0 Å². The van der Waals surface area contributed by atoms with E-state index in [4.69, 9.17) is 16.3 Å². The smallest absolute Gasteiger partial charge is 0.244 e. The zero-order valence-corrected chi connectivity index (χ0v) is 15.1. The molecular weight excluding hydrogens is 365 g/mol. The van der Waals surface area contributed by atoms with Gasteiger partial charge in [-0.2, -0.15) is 4.31 Å². The number of ether oxygens (including phenoxy) is 1. The number of para-hydroxylation sites is 1. The minimum atomic E-state index is -3.83. The maximum Gasteiger partial charge on any atom is 0.244 e. The van der Waals surface area contributed by atoms with E-state index in [2.05, 4.69) is 0 Å². The lowest BCUT2D eigenvalue weighted by Crippen LogP contribution is -2.41. The van der Waals surface area contributed by atoms with E-state index >= 15 is 0 Å². The van der Waals surface area contributed by atoms with E-state index in [1.54, 1.807) is 0 Å². The minimum Gasteiger partial charge on any atom is -0.493 e. The van der Waals surface area contributed by atoms with Crippen molar-refractivity contribution in [3.05, 3.63) is 59.4 Å². The number of hydrogen-bond donors (Lipinski definition) is 0. The summed E-state index contributed by atoms with van der Waals surface area (Å²) >= 11 is 5.98. The van der Waals surface area contributed by atoms with Gasteiger partial charge >= 0.3 is 0 Å². The molecule has 1 fully saturated rings. The minimum absolute atomic E-state index is 0.0315. The molecule has 2 aromatic rings. The summed E-state index contributed by atoms with van der Waals surface area (Å²) in [6, 6.07) is 12.8. The molecule has 7 heteroatoms. The van der Waals surface area contributed by atoms with Gasteiger partial charge in [0.05, 0.1) is 11.6 Å². The first-order chi connectivity index (χ1) is 12.0. The number of nitrogens with zero attached hydrogens (tertiary/aromatic N) is 1. The van der Waals surface area contributed by atoms with Crippen molar-refractivity contribution >= 4 is 21.6 Å². The van der Waals surface area contributed by atoms with E-state index in [-0.39, 0.29) is 15.8 Å². The van der Waals surface area contributed by atoms with Crippen molar-refractivity contribution < 1.29 is 17.5 Å².